The molecule has 0 bridgehead atoms. The van der Waals surface area contributed by atoms with Gasteiger partial charge in [0.05, 0.1) is 11.4 Å². The van der Waals surface area contributed by atoms with E-state index in [2.05, 4.69) is 4.72 Å². The molecule has 4 nitrogen and oxygen atoms in total. The summed E-state index contributed by atoms with van der Waals surface area (Å²) in [4.78, 5) is 0. The molecular formula is C21H18FNO3S. The van der Waals surface area contributed by atoms with E-state index in [0.29, 0.717) is 17.9 Å². The zero-order chi connectivity index (χ0) is 18.9. The van der Waals surface area contributed by atoms with Gasteiger partial charge in [-0.2, -0.15) is 0 Å². The van der Waals surface area contributed by atoms with E-state index >= 15 is 0 Å². The summed E-state index contributed by atoms with van der Waals surface area (Å²) in [6, 6.07) is 19.5. The maximum absolute atomic E-state index is 13.2. The van der Waals surface area contributed by atoms with Crippen LogP contribution < -0.4 is 9.46 Å². The molecule has 1 N–H and O–H groups in total. The molecule has 6 heteroatoms. The molecule has 0 amide bonds. The van der Waals surface area contributed by atoms with Crippen molar-refractivity contribution in [3.63, 3.8) is 0 Å². The smallest absolute Gasteiger partial charge is 0.233 e. The Morgan fingerprint density at radius 2 is 1.78 bits per heavy atom. The molecule has 3 aromatic rings. The van der Waals surface area contributed by atoms with Gasteiger partial charge in [0.15, 0.2) is 0 Å². The number of hydrogen-bond acceptors (Lipinski definition) is 3. The van der Waals surface area contributed by atoms with E-state index in [-0.39, 0.29) is 18.2 Å². The normalized spacial score (nSPS) is 14.9. The molecule has 3 aromatic carbocycles. The second kappa shape index (κ2) is 7.04. The van der Waals surface area contributed by atoms with Gasteiger partial charge in [0.1, 0.15) is 18.2 Å². The van der Waals surface area contributed by atoms with Gasteiger partial charge in [-0.05, 0) is 47.4 Å². The van der Waals surface area contributed by atoms with Crippen LogP contribution >= 0.6 is 0 Å². The fraction of sp³-hybridized carbons (Fsp3) is 0.143. The molecule has 0 radical (unpaired) electrons. The van der Waals surface area contributed by atoms with E-state index in [0.717, 1.165) is 22.3 Å². The average Bonchev–Trinajstić information content (AvgIpc) is 2.66. The number of anilines is 1. The van der Waals surface area contributed by atoms with Crippen LogP contribution in [0.2, 0.25) is 0 Å². The molecule has 0 aliphatic carbocycles. The van der Waals surface area contributed by atoms with Gasteiger partial charge in [0.25, 0.3) is 0 Å². The minimum Gasteiger partial charge on any atom is -0.489 e. The van der Waals surface area contributed by atoms with Crippen molar-refractivity contribution in [2.75, 3.05) is 10.5 Å². The van der Waals surface area contributed by atoms with E-state index in [4.69, 9.17) is 4.74 Å². The van der Waals surface area contributed by atoms with E-state index in [1.165, 1.54) is 12.1 Å². The Labute approximate surface area is 157 Å². The van der Waals surface area contributed by atoms with E-state index in [9.17, 15) is 12.8 Å². The molecule has 0 fully saturated rings. The first-order valence-corrected chi connectivity index (χ1v) is 10.3. The molecule has 1 aliphatic heterocycles. The van der Waals surface area contributed by atoms with Crippen LogP contribution in [0.5, 0.6) is 5.75 Å². The van der Waals surface area contributed by atoms with E-state index in [1.807, 2.05) is 42.5 Å². The average molecular weight is 383 g/mol. The van der Waals surface area contributed by atoms with Gasteiger partial charge in [-0.15, -0.1) is 0 Å². The van der Waals surface area contributed by atoms with Crippen molar-refractivity contribution in [3.8, 4) is 16.9 Å². The molecule has 4 rings (SSSR count). The molecule has 27 heavy (non-hydrogen) atoms. The molecule has 0 unspecified atom stereocenters. The summed E-state index contributed by atoms with van der Waals surface area (Å²) in [5.41, 5.74) is 4.14. The lowest BCUT2D eigenvalue weighted by atomic mass is 9.99. The highest BCUT2D eigenvalue weighted by Crippen LogP contribution is 2.35. The Morgan fingerprint density at radius 3 is 2.56 bits per heavy atom. The van der Waals surface area contributed by atoms with Gasteiger partial charge in [-0.3, -0.25) is 4.72 Å². The molecule has 0 saturated carbocycles. The van der Waals surface area contributed by atoms with Crippen molar-refractivity contribution in [3.05, 3.63) is 83.7 Å². The zero-order valence-corrected chi connectivity index (χ0v) is 15.3. The Morgan fingerprint density at radius 1 is 1.00 bits per heavy atom. The number of rotatable bonds is 4. The van der Waals surface area contributed by atoms with Crippen molar-refractivity contribution >= 4 is 15.7 Å². The van der Waals surface area contributed by atoms with E-state index < -0.39 is 10.0 Å². The van der Waals surface area contributed by atoms with Crippen molar-refractivity contribution in [1.29, 1.82) is 0 Å². The van der Waals surface area contributed by atoms with Crippen molar-refractivity contribution < 1.29 is 17.5 Å². The van der Waals surface area contributed by atoms with Crippen LogP contribution in [0.25, 0.3) is 11.1 Å². The summed E-state index contributed by atoms with van der Waals surface area (Å²) in [5, 5.41) is 0. The predicted octanol–water partition coefficient (Wildman–Crippen LogP) is 4.37. The van der Waals surface area contributed by atoms with Gasteiger partial charge < -0.3 is 4.74 Å². The Kier molecular flexibility index (Phi) is 4.58. The summed E-state index contributed by atoms with van der Waals surface area (Å²) in [5.74, 6) is 0.479. The molecule has 0 spiro atoms. The van der Waals surface area contributed by atoms with Gasteiger partial charge in [-0.25, -0.2) is 12.8 Å². The molecule has 0 saturated heterocycles. The first-order valence-electron chi connectivity index (χ1n) is 8.60. The lowest BCUT2D eigenvalue weighted by Gasteiger charge is -2.21. The number of aryl methyl sites for hydroxylation is 1. The number of nitrogens with one attached hydrogen (secondary N) is 1. The minimum absolute atomic E-state index is 0.107. The maximum Gasteiger partial charge on any atom is 0.233 e. The van der Waals surface area contributed by atoms with Crippen LogP contribution in [0.1, 0.15) is 11.1 Å². The number of para-hydroxylation sites is 1. The van der Waals surface area contributed by atoms with Crippen molar-refractivity contribution in [1.82, 2.24) is 0 Å². The molecule has 0 aromatic heterocycles. The third-order valence-corrected chi connectivity index (χ3v) is 5.77. The molecule has 1 aliphatic rings. The fourth-order valence-corrected chi connectivity index (χ4v) is 4.29. The Balaban J connectivity index is 1.55. The second-order valence-electron chi connectivity index (χ2n) is 6.45. The molecule has 0 atom stereocenters. The quantitative estimate of drug-likeness (QED) is 0.728. The standard InChI is InChI=1S/C21H18FNO3S/c22-18-5-1-3-15(13-18)14-26-19-9-7-16(8-10-19)20-6-2-4-17-11-12-27(24,25)23-21(17)20/h1-10,13,23H,11-12,14H2. The lowest BCUT2D eigenvalue weighted by Crippen LogP contribution is -2.24. The number of sulfonamides is 1. The zero-order valence-electron chi connectivity index (χ0n) is 14.5. The third-order valence-electron chi connectivity index (χ3n) is 4.51. The highest BCUT2D eigenvalue weighted by molar-refractivity contribution is 7.92. The van der Waals surface area contributed by atoms with Gasteiger partial charge in [0, 0.05) is 5.56 Å². The Hall–Kier alpha value is -2.86. The first kappa shape index (κ1) is 17.5. The number of hydrogen-bond donors (Lipinski definition) is 1. The van der Waals surface area contributed by atoms with Crippen LogP contribution in [-0.4, -0.2) is 14.2 Å². The topological polar surface area (TPSA) is 55.4 Å². The summed E-state index contributed by atoms with van der Waals surface area (Å²) < 4.78 is 45.5. The molecule has 138 valence electrons. The van der Waals surface area contributed by atoms with Crippen LogP contribution in [0, 0.1) is 5.82 Å². The number of fused-ring (bicyclic) bond motifs is 1. The van der Waals surface area contributed by atoms with Crippen LogP contribution in [0.15, 0.2) is 66.7 Å². The van der Waals surface area contributed by atoms with Gasteiger partial charge in [-0.1, -0.05) is 42.5 Å². The largest absolute Gasteiger partial charge is 0.489 e. The molecular weight excluding hydrogens is 365 g/mol. The van der Waals surface area contributed by atoms with Crippen LogP contribution in [-0.2, 0) is 23.1 Å². The van der Waals surface area contributed by atoms with Gasteiger partial charge in [0.2, 0.25) is 10.0 Å². The number of halogens is 1. The summed E-state index contributed by atoms with van der Waals surface area (Å²) in [6.07, 6.45) is 0.507. The minimum atomic E-state index is -3.28. The fourth-order valence-electron chi connectivity index (χ4n) is 3.14. The first-order chi connectivity index (χ1) is 13.0. The number of benzene rings is 3. The maximum atomic E-state index is 13.2. The summed E-state index contributed by atoms with van der Waals surface area (Å²) >= 11 is 0. The van der Waals surface area contributed by atoms with Crippen LogP contribution in [0.4, 0.5) is 10.1 Å². The summed E-state index contributed by atoms with van der Waals surface area (Å²) in [6.45, 7) is 0.275. The predicted molar refractivity (Wildman–Crippen MR) is 104 cm³/mol. The Bertz CT molecular complexity index is 1080. The lowest BCUT2D eigenvalue weighted by molar-refractivity contribution is 0.305. The molecule has 1 heterocycles. The SMILES string of the molecule is O=S1(=O)CCc2cccc(-c3ccc(OCc4cccc(F)c4)cc3)c2N1. The van der Waals surface area contributed by atoms with Gasteiger partial charge >= 0.3 is 0 Å². The van der Waals surface area contributed by atoms with Crippen LogP contribution in [0.3, 0.4) is 0 Å². The highest BCUT2D eigenvalue weighted by atomic mass is 32.2. The second-order valence-corrected chi connectivity index (χ2v) is 8.30. The highest BCUT2D eigenvalue weighted by Gasteiger charge is 2.22. The monoisotopic (exact) mass is 383 g/mol. The number of ether oxygens (including phenoxy) is 1. The van der Waals surface area contributed by atoms with Crippen molar-refractivity contribution in [2.24, 2.45) is 0 Å². The van der Waals surface area contributed by atoms with E-state index in [1.54, 1.807) is 12.1 Å². The van der Waals surface area contributed by atoms with Crippen molar-refractivity contribution in [2.45, 2.75) is 13.0 Å². The summed E-state index contributed by atoms with van der Waals surface area (Å²) in [7, 11) is -3.28. The third kappa shape index (κ3) is 3.95.